The first kappa shape index (κ1) is 17.3. The molecule has 1 aromatic rings. The highest BCUT2D eigenvalue weighted by molar-refractivity contribution is 5.95. The molecule has 2 bridgehead atoms. The van der Waals surface area contributed by atoms with E-state index in [1.807, 2.05) is 24.3 Å². The number of nitrogens with one attached hydrogen (secondary N) is 1. The Labute approximate surface area is 153 Å². The number of benzene rings is 1. The smallest absolute Gasteiger partial charge is 0.307 e. The Morgan fingerprint density at radius 3 is 2.12 bits per heavy atom. The van der Waals surface area contributed by atoms with Gasteiger partial charge in [0.05, 0.1) is 25.0 Å². The number of amides is 1. The number of rotatable bonds is 4. The Morgan fingerprint density at radius 1 is 0.962 bits per heavy atom. The first-order chi connectivity index (χ1) is 12.6. The predicted molar refractivity (Wildman–Crippen MR) is 98.2 cm³/mol. The molecule has 140 valence electrons. The van der Waals surface area contributed by atoms with Gasteiger partial charge in [-0.15, -0.1) is 0 Å². The Hall–Kier alpha value is -2.08. The quantitative estimate of drug-likeness (QED) is 0.865. The van der Waals surface area contributed by atoms with Gasteiger partial charge in [0.25, 0.3) is 0 Å². The second-order valence-electron chi connectivity index (χ2n) is 7.70. The SMILES string of the molecule is O=C(O)[C@@H]1C2CCC(CC2)[C@@H]1C(=O)Nc1ccc(N2CCOCC2)cc1. The van der Waals surface area contributed by atoms with Gasteiger partial charge in [-0.05, 0) is 61.8 Å². The van der Waals surface area contributed by atoms with E-state index in [1.165, 1.54) is 0 Å². The van der Waals surface area contributed by atoms with Crippen molar-refractivity contribution in [2.45, 2.75) is 25.7 Å². The number of carboxylic acid groups (broad SMARTS) is 1. The zero-order chi connectivity index (χ0) is 18.1. The highest BCUT2D eigenvalue weighted by atomic mass is 16.5. The summed E-state index contributed by atoms with van der Waals surface area (Å²) in [6.07, 6.45) is 3.84. The van der Waals surface area contributed by atoms with E-state index in [4.69, 9.17) is 4.74 Å². The van der Waals surface area contributed by atoms with E-state index in [2.05, 4.69) is 10.2 Å². The fraction of sp³-hybridized carbons (Fsp3) is 0.600. The Morgan fingerprint density at radius 2 is 1.54 bits per heavy atom. The molecule has 3 saturated carbocycles. The van der Waals surface area contributed by atoms with Crippen LogP contribution >= 0.6 is 0 Å². The fourth-order valence-electron chi connectivity index (χ4n) is 4.98. The van der Waals surface area contributed by atoms with E-state index in [0.717, 1.165) is 63.4 Å². The minimum atomic E-state index is -0.817. The Kier molecular flexibility index (Phi) is 4.85. The van der Waals surface area contributed by atoms with Crippen LogP contribution in [0.2, 0.25) is 0 Å². The van der Waals surface area contributed by atoms with Crippen LogP contribution in [0.25, 0.3) is 0 Å². The number of ether oxygens (including phenoxy) is 1. The van der Waals surface area contributed by atoms with E-state index in [1.54, 1.807) is 0 Å². The first-order valence-corrected chi connectivity index (χ1v) is 9.60. The zero-order valence-corrected chi connectivity index (χ0v) is 14.9. The number of morpholine rings is 1. The number of nitrogens with zero attached hydrogens (tertiary/aromatic N) is 1. The van der Waals surface area contributed by atoms with Crippen LogP contribution in [0.15, 0.2) is 24.3 Å². The van der Waals surface area contributed by atoms with Crippen molar-refractivity contribution in [2.24, 2.45) is 23.7 Å². The van der Waals surface area contributed by atoms with Crippen molar-refractivity contribution in [3.05, 3.63) is 24.3 Å². The number of carbonyl (C=O) groups is 2. The molecule has 1 aromatic carbocycles. The van der Waals surface area contributed by atoms with Crippen molar-refractivity contribution in [2.75, 3.05) is 36.5 Å². The van der Waals surface area contributed by atoms with Gasteiger partial charge in [0.2, 0.25) is 5.91 Å². The number of anilines is 2. The van der Waals surface area contributed by atoms with Crippen molar-refractivity contribution in [3.8, 4) is 0 Å². The maximum absolute atomic E-state index is 12.9. The fourth-order valence-corrected chi connectivity index (χ4v) is 4.98. The summed E-state index contributed by atoms with van der Waals surface area (Å²) in [5, 5.41) is 12.6. The van der Waals surface area contributed by atoms with Gasteiger partial charge < -0.3 is 20.1 Å². The molecule has 4 aliphatic rings. The van der Waals surface area contributed by atoms with E-state index >= 15 is 0 Å². The largest absolute Gasteiger partial charge is 0.481 e. The number of carboxylic acids is 1. The molecule has 0 radical (unpaired) electrons. The number of aliphatic carboxylic acids is 1. The molecule has 2 atom stereocenters. The minimum Gasteiger partial charge on any atom is -0.481 e. The standard InChI is InChI=1S/C20H26N2O4/c23-19(17-13-1-3-14(4-2-13)18(17)20(24)25)21-15-5-7-16(8-6-15)22-9-11-26-12-10-22/h5-8,13-14,17-18H,1-4,9-12H2,(H,21,23)(H,24,25)/t13?,14?,17-,18+/m0/s1. The van der Waals surface area contributed by atoms with Crippen LogP contribution in [-0.4, -0.2) is 43.3 Å². The average molecular weight is 358 g/mol. The van der Waals surface area contributed by atoms with Crippen LogP contribution in [0.1, 0.15) is 25.7 Å². The van der Waals surface area contributed by atoms with Crippen LogP contribution < -0.4 is 10.2 Å². The van der Waals surface area contributed by atoms with Crippen LogP contribution in [0.4, 0.5) is 11.4 Å². The highest BCUT2D eigenvalue weighted by Crippen LogP contribution is 2.49. The van der Waals surface area contributed by atoms with Crippen molar-refractivity contribution in [1.29, 1.82) is 0 Å². The number of carbonyl (C=O) groups excluding carboxylic acids is 1. The maximum Gasteiger partial charge on any atom is 0.307 e. The van der Waals surface area contributed by atoms with E-state index in [0.29, 0.717) is 0 Å². The number of fused-ring (bicyclic) bond motifs is 3. The molecule has 1 amide bonds. The topological polar surface area (TPSA) is 78.9 Å². The van der Waals surface area contributed by atoms with Gasteiger partial charge in [0.1, 0.15) is 0 Å². The van der Waals surface area contributed by atoms with E-state index < -0.39 is 17.8 Å². The molecule has 1 heterocycles. The maximum atomic E-state index is 12.9. The molecule has 0 aromatic heterocycles. The summed E-state index contributed by atoms with van der Waals surface area (Å²) in [6.45, 7) is 3.22. The van der Waals surface area contributed by atoms with Crippen LogP contribution in [0.5, 0.6) is 0 Å². The summed E-state index contributed by atoms with van der Waals surface area (Å²) in [6, 6.07) is 7.81. The molecule has 26 heavy (non-hydrogen) atoms. The summed E-state index contributed by atoms with van der Waals surface area (Å²) in [5.41, 5.74) is 1.85. The molecule has 0 unspecified atom stereocenters. The molecule has 0 spiro atoms. The van der Waals surface area contributed by atoms with Crippen molar-refractivity contribution < 1.29 is 19.4 Å². The molecule has 4 fully saturated rings. The summed E-state index contributed by atoms with van der Waals surface area (Å²) < 4.78 is 5.37. The van der Waals surface area contributed by atoms with Gasteiger partial charge >= 0.3 is 5.97 Å². The molecule has 6 nitrogen and oxygen atoms in total. The van der Waals surface area contributed by atoms with Crippen LogP contribution in [-0.2, 0) is 14.3 Å². The lowest BCUT2D eigenvalue weighted by Crippen LogP contribution is -2.49. The second kappa shape index (κ2) is 7.27. The Balaban J connectivity index is 1.44. The summed E-state index contributed by atoms with van der Waals surface area (Å²) in [5.74, 6) is -1.53. The zero-order valence-electron chi connectivity index (χ0n) is 14.9. The lowest BCUT2D eigenvalue weighted by molar-refractivity contribution is -0.156. The van der Waals surface area contributed by atoms with Crippen LogP contribution in [0, 0.1) is 23.7 Å². The molecule has 1 aliphatic heterocycles. The summed E-state index contributed by atoms with van der Waals surface area (Å²) in [7, 11) is 0. The molecule has 3 aliphatic carbocycles. The number of hydrogen-bond donors (Lipinski definition) is 2. The van der Waals surface area contributed by atoms with Crippen molar-refractivity contribution >= 4 is 23.3 Å². The normalized spacial score (nSPS) is 30.8. The van der Waals surface area contributed by atoms with E-state index in [-0.39, 0.29) is 17.7 Å². The lowest BCUT2D eigenvalue weighted by Gasteiger charge is -2.45. The molecule has 2 N–H and O–H groups in total. The molecular weight excluding hydrogens is 332 g/mol. The third-order valence-corrected chi connectivity index (χ3v) is 6.32. The second-order valence-corrected chi connectivity index (χ2v) is 7.70. The molecule has 1 saturated heterocycles. The highest BCUT2D eigenvalue weighted by Gasteiger charge is 2.50. The van der Waals surface area contributed by atoms with Gasteiger partial charge in [-0.25, -0.2) is 0 Å². The van der Waals surface area contributed by atoms with Crippen molar-refractivity contribution in [3.63, 3.8) is 0 Å². The summed E-state index contributed by atoms with van der Waals surface area (Å²) in [4.78, 5) is 26.9. The molecular formula is C20H26N2O4. The predicted octanol–water partition coefficient (Wildman–Crippen LogP) is 2.60. The van der Waals surface area contributed by atoms with Gasteiger partial charge in [0.15, 0.2) is 0 Å². The van der Waals surface area contributed by atoms with Crippen molar-refractivity contribution in [1.82, 2.24) is 0 Å². The lowest BCUT2D eigenvalue weighted by atomic mass is 9.58. The van der Waals surface area contributed by atoms with Gasteiger partial charge in [-0.1, -0.05) is 0 Å². The number of hydrogen-bond acceptors (Lipinski definition) is 4. The van der Waals surface area contributed by atoms with Crippen LogP contribution in [0.3, 0.4) is 0 Å². The molecule has 5 rings (SSSR count). The van der Waals surface area contributed by atoms with Gasteiger partial charge in [-0.2, -0.15) is 0 Å². The van der Waals surface area contributed by atoms with Gasteiger partial charge in [0, 0.05) is 24.5 Å². The monoisotopic (exact) mass is 358 g/mol. The third-order valence-electron chi connectivity index (χ3n) is 6.32. The summed E-state index contributed by atoms with van der Waals surface area (Å²) >= 11 is 0. The van der Waals surface area contributed by atoms with E-state index in [9.17, 15) is 14.7 Å². The van der Waals surface area contributed by atoms with Gasteiger partial charge in [-0.3, -0.25) is 9.59 Å². The molecule has 6 heteroatoms. The third kappa shape index (κ3) is 3.30. The minimum absolute atomic E-state index is 0.133. The Bertz CT molecular complexity index is 661. The average Bonchev–Trinajstić information content (AvgIpc) is 2.69. The first-order valence-electron chi connectivity index (χ1n) is 9.60.